The zero-order chi connectivity index (χ0) is 27.7. The van der Waals surface area contributed by atoms with Gasteiger partial charge < -0.3 is 24.8 Å². The number of piperidine rings is 2. The van der Waals surface area contributed by atoms with Crippen molar-refractivity contribution in [2.45, 2.75) is 119 Å². The SMILES string of the molecule is O=C1C(C(=O)N2CCC(N3CCCC3)CC2)=CN2C3CCCCC3OC3C(N4CC5CCCNC5C4)C(F)CC1C32. The summed E-state index contributed by atoms with van der Waals surface area (Å²) in [6, 6.07) is 0.660. The second kappa shape index (κ2) is 10.9. The van der Waals surface area contributed by atoms with Crippen molar-refractivity contribution >= 4 is 11.7 Å². The second-order valence-electron chi connectivity index (χ2n) is 14.4. The minimum atomic E-state index is -1.13. The Balaban J connectivity index is 1.06. The number of hydrogen-bond acceptors (Lipinski definition) is 7. The predicted octanol–water partition coefficient (Wildman–Crippen LogP) is 2.33. The summed E-state index contributed by atoms with van der Waals surface area (Å²) in [6.07, 6.45) is 11.8. The van der Waals surface area contributed by atoms with E-state index in [0.29, 0.717) is 36.7 Å². The summed E-state index contributed by atoms with van der Waals surface area (Å²) >= 11 is 0. The number of rotatable bonds is 3. The van der Waals surface area contributed by atoms with Gasteiger partial charge in [-0.1, -0.05) is 12.8 Å². The van der Waals surface area contributed by atoms with Crippen LogP contribution in [0.4, 0.5) is 4.39 Å². The number of nitrogens with one attached hydrogen (secondary N) is 1. The van der Waals surface area contributed by atoms with E-state index in [0.717, 1.165) is 58.2 Å². The van der Waals surface area contributed by atoms with Crippen LogP contribution in [0.3, 0.4) is 0 Å². The molecule has 2 saturated carbocycles. The van der Waals surface area contributed by atoms with Crippen LogP contribution in [0, 0.1) is 11.8 Å². The number of fused-ring (bicyclic) bond motifs is 3. The average molecular weight is 570 g/mol. The number of nitrogens with zero attached hydrogens (tertiary/aromatic N) is 4. The number of likely N-dealkylation sites (tertiary alicyclic amines) is 3. The van der Waals surface area contributed by atoms with Crippen molar-refractivity contribution in [1.29, 1.82) is 0 Å². The lowest BCUT2D eigenvalue weighted by Gasteiger charge is -2.60. The summed E-state index contributed by atoms with van der Waals surface area (Å²) in [6.45, 7) is 6.58. The Morgan fingerprint density at radius 3 is 2.51 bits per heavy atom. The van der Waals surface area contributed by atoms with Crippen molar-refractivity contribution < 1.29 is 18.7 Å². The number of ether oxygens (including phenoxy) is 1. The molecule has 1 N–H and O–H groups in total. The average Bonchev–Trinajstić information content (AvgIpc) is 3.69. The van der Waals surface area contributed by atoms with Crippen LogP contribution in [0.1, 0.15) is 70.6 Å². The molecule has 0 aromatic carbocycles. The van der Waals surface area contributed by atoms with Crippen molar-refractivity contribution in [1.82, 2.24) is 24.9 Å². The van der Waals surface area contributed by atoms with Gasteiger partial charge in [-0.05, 0) is 83.3 Å². The summed E-state index contributed by atoms with van der Waals surface area (Å²) in [5.74, 6) is -0.208. The van der Waals surface area contributed by atoms with E-state index in [1.807, 2.05) is 11.1 Å². The summed E-state index contributed by atoms with van der Waals surface area (Å²) in [5, 5.41) is 3.67. The number of alkyl halides is 1. The number of carbonyl (C=O) groups is 2. The van der Waals surface area contributed by atoms with E-state index in [4.69, 9.17) is 4.74 Å². The molecule has 6 heterocycles. The molecule has 0 radical (unpaired) electrons. The van der Waals surface area contributed by atoms with Crippen LogP contribution in [0.25, 0.3) is 0 Å². The monoisotopic (exact) mass is 569 g/mol. The molecule has 6 aliphatic heterocycles. The molecular weight excluding hydrogens is 521 g/mol. The van der Waals surface area contributed by atoms with Crippen LogP contribution in [0.5, 0.6) is 0 Å². The van der Waals surface area contributed by atoms with Gasteiger partial charge in [0.2, 0.25) is 0 Å². The van der Waals surface area contributed by atoms with Gasteiger partial charge in [-0.2, -0.15) is 0 Å². The van der Waals surface area contributed by atoms with Gasteiger partial charge in [0.15, 0.2) is 5.78 Å². The van der Waals surface area contributed by atoms with Gasteiger partial charge in [0.05, 0.1) is 35.9 Å². The Hall–Kier alpha value is -1.55. The highest BCUT2D eigenvalue weighted by Gasteiger charge is 2.60. The first-order chi connectivity index (χ1) is 20.1. The topological polar surface area (TPSA) is 68.4 Å². The van der Waals surface area contributed by atoms with Crippen molar-refractivity contribution in [3.63, 3.8) is 0 Å². The summed E-state index contributed by atoms with van der Waals surface area (Å²) < 4.78 is 23.3. The first-order valence-electron chi connectivity index (χ1n) is 16.9. The third kappa shape index (κ3) is 4.59. The first-order valence-corrected chi connectivity index (χ1v) is 16.9. The van der Waals surface area contributed by atoms with Gasteiger partial charge in [-0.25, -0.2) is 4.39 Å². The van der Waals surface area contributed by atoms with E-state index in [-0.39, 0.29) is 48.4 Å². The highest BCUT2D eigenvalue weighted by atomic mass is 19.1. The zero-order valence-corrected chi connectivity index (χ0v) is 24.5. The lowest BCUT2D eigenvalue weighted by Crippen LogP contribution is -2.73. The lowest BCUT2D eigenvalue weighted by molar-refractivity contribution is -0.210. The number of carbonyl (C=O) groups excluding carboxylic acids is 2. The van der Waals surface area contributed by atoms with Crippen LogP contribution in [0.15, 0.2) is 11.8 Å². The molecule has 0 aromatic rings. The number of morpholine rings is 1. The Labute approximate surface area is 244 Å². The van der Waals surface area contributed by atoms with Gasteiger partial charge in [0, 0.05) is 50.4 Å². The van der Waals surface area contributed by atoms with Crippen LogP contribution in [0.2, 0.25) is 0 Å². The van der Waals surface area contributed by atoms with E-state index in [1.165, 1.54) is 38.8 Å². The summed E-state index contributed by atoms with van der Waals surface area (Å²) in [7, 11) is 0. The third-order valence-electron chi connectivity index (χ3n) is 12.2. The fourth-order valence-corrected chi connectivity index (χ4v) is 10.2. The molecule has 9 unspecified atom stereocenters. The quantitative estimate of drug-likeness (QED) is 0.524. The van der Waals surface area contributed by atoms with Gasteiger partial charge in [0.1, 0.15) is 6.17 Å². The molecule has 8 rings (SSSR count). The molecule has 8 aliphatic rings. The number of hydrogen-bond donors (Lipinski definition) is 1. The normalized spacial score (nSPS) is 43.9. The number of Topliss-reactive ketones (excluding diaryl/α,β-unsaturated/α-hetero) is 1. The van der Waals surface area contributed by atoms with Crippen molar-refractivity contribution in [3.05, 3.63) is 11.8 Å². The maximum Gasteiger partial charge on any atom is 0.258 e. The molecular formula is C32H48FN5O3. The summed E-state index contributed by atoms with van der Waals surface area (Å²) in [4.78, 5) is 37.2. The highest BCUT2D eigenvalue weighted by Crippen LogP contribution is 2.47. The molecule has 226 valence electrons. The Bertz CT molecular complexity index is 1040. The predicted molar refractivity (Wildman–Crippen MR) is 153 cm³/mol. The van der Waals surface area contributed by atoms with Crippen LogP contribution in [-0.4, -0.2) is 126 Å². The Morgan fingerprint density at radius 2 is 1.71 bits per heavy atom. The fraction of sp³-hybridized carbons (Fsp3) is 0.875. The molecule has 0 bridgehead atoms. The smallest absolute Gasteiger partial charge is 0.258 e. The van der Waals surface area contributed by atoms with Gasteiger partial charge in [0.25, 0.3) is 5.91 Å². The van der Waals surface area contributed by atoms with Crippen molar-refractivity contribution in [3.8, 4) is 0 Å². The lowest BCUT2D eigenvalue weighted by atomic mass is 9.69. The molecule has 1 amide bonds. The number of halogens is 1. The molecule has 2 aliphatic carbocycles. The third-order valence-corrected chi connectivity index (χ3v) is 12.2. The molecule has 8 nitrogen and oxygen atoms in total. The van der Waals surface area contributed by atoms with Gasteiger partial charge in [-0.3, -0.25) is 14.5 Å². The minimum absolute atomic E-state index is 0.0402. The Morgan fingerprint density at radius 1 is 0.902 bits per heavy atom. The van der Waals surface area contributed by atoms with E-state index in [2.05, 4.69) is 20.0 Å². The van der Waals surface area contributed by atoms with E-state index >= 15 is 4.39 Å². The van der Waals surface area contributed by atoms with E-state index < -0.39 is 12.1 Å². The minimum Gasteiger partial charge on any atom is -0.369 e. The fourth-order valence-electron chi connectivity index (χ4n) is 10.2. The largest absolute Gasteiger partial charge is 0.369 e. The molecule has 9 atom stereocenters. The first kappa shape index (κ1) is 27.0. The van der Waals surface area contributed by atoms with Crippen LogP contribution in [-0.2, 0) is 14.3 Å². The van der Waals surface area contributed by atoms with Crippen molar-refractivity contribution in [2.75, 3.05) is 45.8 Å². The second-order valence-corrected chi connectivity index (χ2v) is 14.4. The zero-order valence-electron chi connectivity index (χ0n) is 24.5. The molecule has 9 heteroatoms. The van der Waals surface area contributed by atoms with Gasteiger partial charge in [-0.15, -0.1) is 0 Å². The maximum atomic E-state index is 16.4. The van der Waals surface area contributed by atoms with Crippen LogP contribution >= 0.6 is 0 Å². The molecule has 0 spiro atoms. The van der Waals surface area contributed by atoms with E-state index in [9.17, 15) is 9.59 Å². The number of amides is 1. The maximum absolute atomic E-state index is 16.4. The standard InChI is InChI=1S/C32H48FN5O3/c33-24-16-22-28-31(29(24)37-17-20-6-5-11-34-25(20)19-37)41-27-8-2-1-7-26(27)38(28)18-23(30(22)39)32(40)36-14-9-21(10-15-36)35-12-3-4-13-35/h18,20-22,24-29,31,34H,1-17,19H2. The van der Waals surface area contributed by atoms with E-state index in [1.54, 1.807) is 0 Å². The number of ketones is 1. The molecule has 5 saturated heterocycles. The molecule has 41 heavy (non-hydrogen) atoms. The van der Waals surface area contributed by atoms with Gasteiger partial charge >= 0.3 is 0 Å². The Kier molecular flexibility index (Phi) is 7.16. The highest BCUT2D eigenvalue weighted by molar-refractivity contribution is 6.20. The van der Waals surface area contributed by atoms with Crippen molar-refractivity contribution in [2.24, 2.45) is 11.8 Å². The van der Waals surface area contributed by atoms with Crippen LogP contribution < -0.4 is 5.32 Å². The molecule has 0 aromatic heterocycles. The molecule has 7 fully saturated rings. The summed E-state index contributed by atoms with van der Waals surface area (Å²) in [5.41, 5.74) is 0.304.